The highest BCUT2D eigenvalue weighted by atomic mass is 16.7. The molecule has 14 heavy (non-hydrogen) atoms. The van der Waals surface area contributed by atoms with Crippen molar-refractivity contribution in [3.05, 3.63) is 47.4 Å². The van der Waals surface area contributed by atoms with Crippen molar-refractivity contribution in [2.75, 3.05) is 0 Å². The van der Waals surface area contributed by atoms with Crippen LogP contribution in [-0.2, 0) is 9.47 Å². The maximum absolute atomic E-state index is 8.75. The summed E-state index contributed by atoms with van der Waals surface area (Å²) in [6, 6.07) is 7.62. The molecule has 0 unspecified atom stereocenters. The summed E-state index contributed by atoms with van der Waals surface area (Å²) in [6.45, 7) is 1.89. The lowest BCUT2D eigenvalue weighted by Crippen LogP contribution is -1.98. The largest absolute Gasteiger partial charge is 0.455 e. The molecule has 1 aliphatic heterocycles. The summed E-state index contributed by atoms with van der Waals surface area (Å²) in [4.78, 5) is 0. The smallest absolute Gasteiger partial charge is 0.266 e. The van der Waals surface area contributed by atoms with Crippen molar-refractivity contribution in [2.24, 2.45) is 0 Å². The van der Waals surface area contributed by atoms with E-state index in [1.807, 2.05) is 19.1 Å². The van der Waals surface area contributed by atoms with Gasteiger partial charge in [0.15, 0.2) is 0 Å². The molecule has 0 saturated carbocycles. The van der Waals surface area contributed by atoms with Crippen molar-refractivity contribution >= 4 is 0 Å². The lowest BCUT2D eigenvalue weighted by molar-refractivity contribution is -0.0246. The van der Waals surface area contributed by atoms with E-state index in [1.54, 1.807) is 6.07 Å². The van der Waals surface area contributed by atoms with E-state index >= 15 is 0 Å². The van der Waals surface area contributed by atoms with Crippen LogP contribution in [-0.4, -0.2) is 0 Å². The minimum Gasteiger partial charge on any atom is -0.455 e. The van der Waals surface area contributed by atoms with Crippen LogP contribution in [0, 0.1) is 18.3 Å². The fourth-order valence-corrected chi connectivity index (χ4v) is 1.35. The Balaban J connectivity index is 2.29. The Morgan fingerprint density at radius 2 is 2.00 bits per heavy atom. The van der Waals surface area contributed by atoms with Crippen molar-refractivity contribution < 1.29 is 9.47 Å². The number of hydrogen-bond donors (Lipinski definition) is 0. The molecule has 0 atom stereocenters. The summed E-state index contributed by atoms with van der Waals surface area (Å²) >= 11 is 0. The number of benzene rings is 1. The zero-order chi connectivity index (χ0) is 9.97. The SMILES string of the molecule is Cc1cc(C2OC=CO2)ccc1C#N. The zero-order valence-corrected chi connectivity index (χ0v) is 7.73. The van der Waals surface area contributed by atoms with Crippen molar-refractivity contribution in [1.29, 1.82) is 5.26 Å². The van der Waals surface area contributed by atoms with E-state index in [-0.39, 0.29) is 6.29 Å². The Bertz CT molecular complexity index is 410. The second-order valence-corrected chi connectivity index (χ2v) is 3.06. The quantitative estimate of drug-likeness (QED) is 0.677. The molecule has 0 fully saturated rings. The summed E-state index contributed by atoms with van der Waals surface area (Å²) < 4.78 is 10.4. The zero-order valence-electron chi connectivity index (χ0n) is 7.73. The van der Waals surface area contributed by atoms with Crippen molar-refractivity contribution in [1.82, 2.24) is 0 Å². The van der Waals surface area contributed by atoms with Gasteiger partial charge in [-0.2, -0.15) is 5.26 Å². The molecule has 1 heterocycles. The summed E-state index contributed by atoms with van der Waals surface area (Å²) in [6.07, 6.45) is 2.66. The number of rotatable bonds is 1. The first-order valence-electron chi connectivity index (χ1n) is 4.28. The molecule has 0 saturated heterocycles. The van der Waals surface area contributed by atoms with Crippen molar-refractivity contribution in [2.45, 2.75) is 13.2 Å². The topological polar surface area (TPSA) is 42.2 Å². The van der Waals surface area contributed by atoms with Crippen LogP contribution in [0.15, 0.2) is 30.7 Å². The molecule has 2 rings (SSSR count). The van der Waals surface area contributed by atoms with Crippen LogP contribution in [0.5, 0.6) is 0 Å². The molecule has 0 amide bonds. The average molecular weight is 187 g/mol. The van der Waals surface area contributed by atoms with Crippen molar-refractivity contribution in [3.63, 3.8) is 0 Å². The third-order valence-corrected chi connectivity index (χ3v) is 2.10. The predicted molar refractivity (Wildman–Crippen MR) is 49.9 cm³/mol. The number of aryl methyl sites for hydroxylation is 1. The molecular formula is C11H9NO2. The monoisotopic (exact) mass is 187 g/mol. The first-order valence-corrected chi connectivity index (χ1v) is 4.28. The lowest BCUT2D eigenvalue weighted by Gasteiger charge is -2.11. The van der Waals surface area contributed by atoms with Gasteiger partial charge in [0, 0.05) is 5.56 Å². The number of nitriles is 1. The van der Waals surface area contributed by atoms with Crippen LogP contribution in [0.1, 0.15) is 23.0 Å². The Labute approximate surface area is 82.2 Å². The molecule has 0 spiro atoms. The van der Waals surface area contributed by atoms with Crippen LogP contribution in [0.3, 0.4) is 0 Å². The number of ether oxygens (including phenoxy) is 2. The minimum atomic E-state index is -0.360. The maximum Gasteiger partial charge on any atom is 0.266 e. The molecule has 0 bridgehead atoms. The van der Waals surface area contributed by atoms with Crippen LogP contribution in [0.4, 0.5) is 0 Å². The van der Waals surface area contributed by atoms with Gasteiger partial charge >= 0.3 is 0 Å². The normalized spacial score (nSPS) is 14.6. The van der Waals surface area contributed by atoms with Crippen LogP contribution >= 0.6 is 0 Å². The third kappa shape index (κ3) is 1.42. The summed E-state index contributed by atoms with van der Waals surface area (Å²) in [5.74, 6) is 0. The first kappa shape index (κ1) is 8.64. The number of hydrogen-bond acceptors (Lipinski definition) is 3. The van der Waals surface area contributed by atoms with E-state index in [0.717, 1.165) is 11.1 Å². The van der Waals surface area contributed by atoms with Gasteiger partial charge in [0.05, 0.1) is 11.6 Å². The molecule has 0 N–H and O–H groups in total. The Morgan fingerprint density at radius 3 is 2.57 bits per heavy atom. The Hall–Kier alpha value is -1.95. The molecule has 1 aromatic carbocycles. The molecule has 0 radical (unpaired) electrons. The lowest BCUT2D eigenvalue weighted by atomic mass is 10.1. The fraction of sp³-hybridized carbons (Fsp3) is 0.182. The van der Waals surface area contributed by atoms with Gasteiger partial charge in [0.2, 0.25) is 0 Å². The third-order valence-electron chi connectivity index (χ3n) is 2.10. The summed E-state index contributed by atoms with van der Waals surface area (Å²) in [5, 5.41) is 8.75. The second kappa shape index (κ2) is 3.43. The van der Waals surface area contributed by atoms with Gasteiger partial charge in [-0.1, -0.05) is 6.07 Å². The highest BCUT2D eigenvalue weighted by molar-refractivity contribution is 5.39. The Morgan fingerprint density at radius 1 is 1.29 bits per heavy atom. The standard InChI is InChI=1S/C11H9NO2/c1-8-6-9(2-3-10(8)7-12)11-13-4-5-14-11/h2-6,11H,1H3. The van der Waals surface area contributed by atoms with Gasteiger partial charge < -0.3 is 9.47 Å². The predicted octanol–water partition coefficient (Wildman–Crippen LogP) is 2.38. The molecule has 3 heteroatoms. The van der Waals surface area contributed by atoms with E-state index in [1.165, 1.54) is 12.5 Å². The molecular weight excluding hydrogens is 178 g/mol. The first-order chi connectivity index (χ1) is 6.81. The van der Waals surface area contributed by atoms with E-state index in [0.29, 0.717) is 5.56 Å². The van der Waals surface area contributed by atoms with Crippen LogP contribution in [0.25, 0.3) is 0 Å². The van der Waals surface area contributed by atoms with Gasteiger partial charge in [-0.15, -0.1) is 0 Å². The summed E-state index contributed by atoms with van der Waals surface area (Å²) in [7, 11) is 0. The van der Waals surface area contributed by atoms with E-state index < -0.39 is 0 Å². The van der Waals surface area contributed by atoms with E-state index in [9.17, 15) is 0 Å². The fourth-order valence-electron chi connectivity index (χ4n) is 1.35. The molecule has 0 aromatic heterocycles. The molecule has 1 aromatic rings. The summed E-state index contributed by atoms with van der Waals surface area (Å²) in [5.41, 5.74) is 2.54. The van der Waals surface area contributed by atoms with Gasteiger partial charge in [-0.3, -0.25) is 0 Å². The molecule has 0 aliphatic carbocycles. The number of nitrogens with zero attached hydrogens (tertiary/aromatic N) is 1. The Kier molecular flexibility index (Phi) is 2.11. The van der Waals surface area contributed by atoms with E-state index in [2.05, 4.69) is 6.07 Å². The van der Waals surface area contributed by atoms with Gasteiger partial charge in [-0.05, 0) is 24.6 Å². The van der Waals surface area contributed by atoms with Crippen LogP contribution in [0.2, 0.25) is 0 Å². The van der Waals surface area contributed by atoms with Crippen LogP contribution < -0.4 is 0 Å². The molecule has 3 nitrogen and oxygen atoms in total. The molecule has 1 aliphatic rings. The second-order valence-electron chi connectivity index (χ2n) is 3.06. The highest BCUT2D eigenvalue weighted by Crippen LogP contribution is 2.25. The minimum absolute atomic E-state index is 0.360. The van der Waals surface area contributed by atoms with Gasteiger partial charge in [-0.25, -0.2) is 0 Å². The van der Waals surface area contributed by atoms with Gasteiger partial charge in [0.25, 0.3) is 6.29 Å². The highest BCUT2D eigenvalue weighted by Gasteiger charge is 2.15. The van der Waals surface area contributed by atoms with E-state index in [4.69, 9.17) is 14.7 Å². The molecule has 70 valence electrons. The van der Waals surface area contributed by atoms with Crippen molar-refractivity contribution in [3.8, 4) is 6.07 Å². The van der Waals surface area contributed by atoms with Gasteiger partial charge in [0.1, 0.15) is 12.5 Å². The average Bonchev–Trinajstić information content (AvgIpc) is 2.70. The maximum atomic E-state index is 8.75.